The van der Waals surface area contributed by atoms with E-state index in [1.165, 1.54) is 7.11 Å². The smallest absolute Gasteiger partial charge is 0.166 e. The van der Waals surface area contributed by atoms with Crippen LogP contribution in [0.1, 0.15) is 36.8 Å². The summed E-state index contributed by atoms with van der Waals surface area (Å²) in [7, 11) is 3.07. The maximum Gasteiger partial charge on any atom is 0.166 e. The van der Waals surface area contributed by atoms with Crippen LogP contribution in [0.25, 0.3) is 10.8 Å². The van der Waals surface area contributed by atoms with Gasteiger partial charge < -0.3 is 19.7 Å². The Morgan fingerprint density at radius 3 is 2.31 bits per heavy atom. The minimum absolute atomic E-state index is 0.00582. The van der Waals surface area contributed by atoms with Crippen LogP contribution in [0.2, 0.25) is 0 Å². The van der Waals surface area contributed by atoms with Crippen molar-refractivity contribution in [3.63, 3.8) is 0 Å². The van der Waals surface area contributed by atoms with Gasteiger partial charge in [0.1, 0.15) is 11.5 Å². The fourth-order valence-corrected chi connectivity index (χ4v) is 4.18. The summed E-state index contributed by atoms with van der Waals surface area (Å²) in [6.07, 6.45) is 7.48. The minimum atomic E-state index is -0.00582. The van der Waals surface area contributed by atoms with Gasteiger partial charge in [-0.1, -0.05) is 43.2 Å². The first kappa shape index (κ1) is 21.7. The van der Waals surface area contributed by atoms with Crippen molar-refractivity contribution in [2.45, 2.75) is 37.8 Å². The number of aromatic hydroxyl groups is 2. The molecule has 2 N–H and O–H groups in total. The Labute approximate surface area is 187 Å². The highest BCUT2D eigenvalue weighted by atomic mass is 16.5. The lowest BCUT2D eigenvalue weighted by Crippen LogP contribution is -2.27. The first-order valence-corrected chi connectivity index (χ1v) is 10.8. The van der Waals surface area contributed by atoms with E-state index >= 15 is 0 Å². The quantitative estimate of drug-likeness (QED) is 0.530. The van der Waals surface area contributed by atoms with Crippen LogP contribution in [-0.4, -0.2) is 48.9 Å². The molecule has 0 spiro atoms. The lowest BCUT2D eigenvalue weighted by atomic mass is 9.91. The van der Waals surface area contributed by atoms with E-state index in [0.717, 1.165) is 42.0 Å². The van der Waals surface area contributed by atoms with E-state index in [1.807, 2.05) is 30.3 Å². The van der Waals surface area contributed by atoms with Crippen LogP contribution < -0.4 is 9.47 Å². The molecule has 1 aliphatic carbocycles. The van der Waals surface area contributed by atoms with Gasteiger partial charge in [-0.15, -0.1) is 0 Å². The molecule has 1 fully saturated rings. The van der Waals surface area contributed by atoms with Crippen molar-refractivity contribution in [3.8, 4) is 23.0 Å². The molecule has 2 atom stereocenters. The standard InChI is InChI=1S/C26H28N2O4/c1-31-19-13-18(26(30)25(14-19)32-2)15-27-22-9-5-6-10-23(22)28-16-21-20-8-4-3-7-17(20)11-12-24(21)29/h3-4,7-8,11-16,22-23,29-30H,5-6,9-10H2,1-2H3/t22-,23-/m1/s1. The highest BCUT2D eigenvalue weighted by Crippen LogP contribution is 2.34. The van der Waals surface area contributed by atoms with Gasteiger partial charge in [0.25, 0.3) is 0 Å². The van der Waals surface area contributed by atoms with Crippen molar-refractivity contribution < 1.29 is 19.7 Å². The molecule has 0 saturated heterocycles. The van der Waals surface area contributed by atoms with Gasteiger partial charge in [0.05, 0.1) is 26.3 Å². The summed E-state index contributed by atoms with van der Waals surface area (Å²) in [6.45, 7) is 0. The SMILES string of the molecule is COc1cc(C=N[C@@H]2CCCC[C@H]2N=Cc2c(O)ccc3ccccc23)c(O)c(OC)c1. The van der Waals surface area contributed by atoms with Gasteiger partial charge >= 0.3 is 0 Å². The van der Waals surface area contributed by atoms with Gasteiger partial charge in [-0.3, -0.25) is 9.98 Å². The van der Waals surface area contributed by atoms with Crippen molar-refractivity contribution in [1.29, 1.82) is 0 Å². The molecule has 3 aromatic rings. The Kier molecular flexibility index (Phi) is 6.59. The lowest BCUT2D eigenvalue weighted by molar-refractivity contribution is 0.363. The van der Waals surface area contributed by atoms with Crippen molar-refractivity contribution in [1.82, 2.24) is 0 Å². The average molecular weight is 433 g/mol. The van der Waals surface area contributed by atoms with Gasteiger partial charge in [0.2, 0.25) is 0 Å². The second kappa shape index (κ2) is 9.73. The van der Waals surface area contributed by atoms with Gasteiger partial charge in [-0.2, -0.15) is 0 Å². The number of methoxy groups -OCH3 is 2. The van der Waals surface area contributed by atoms with Crippen LogP contribution in [0, 0.1) is 0 Å². The van der Waals surface area contributed by atoms with Crippen LogP contribution in [0.4, 0.5) is 0 Å². The first-order chi connectivity index (χ1) is 15.6. The zero-order valence-electron chi connectivity index (χ0n) is 18.4. The predicted octanol–water partition coefficient (Wildman–Crippen LogP) is 5.12. The first-order valence-electron chi connectivity index (χ1n) is 10.8. The molecule has 1 aliphatic rings. The summed E-state index contributed by atoms with van der Waals surface area (Å²) in [5.74, 6) is 1.19. The Balaban J connectivity index is 1.60. The lowest BCUT2D eigenvalue weighted by Gasteiger charge is -2.25. The van der Waals surface area contributed by atoms with Gasteiger partial charge in [0.15, 0.2) is 11.5 Å². The van der Waals surface area contributed by atoms with Crippen LogP contribution in [0.15, 0.2) is 58.5 Å². The molecule has 1 saturated carbocycles. The van der Waals surface area contributed by atoms with Crippen LogP contribution in [0.5, 0.6) is 23.0 Å². The van der Waals surface area contributed by atoms with Crippen LogP contribution >= 0.6 is 0 Å². The highest BCUT2D eigenvalue weighted by molar-refractivity contribution is 6.02. The van der Waals surface area contributed by atoms with E-state index in [-0.39, 0.29) is 23.6 Å². The Morgan fingerprint density at radius 1 is 0.875 bits per heavy atom. The molecule has 0 aliphatic heterocycles. The molecule has 32 heavy (non-hydrogen) atoms. The highest BCUT2D eigenvalue weighted by Gasteiger charge is 2.23. The predicted molar refractivity (Wildman–Crippen MR) is 128 cm³/mol. The van der Waals surface area contributed by atoms with Crippen molar-refractivity contribution >= 4 is 23.2 Å². The number of hydrogen-bond acceptors (Lipinski definition) is 6. The normalized spacial score (nSPS) is 19.1. The van der Waals surface area contributed by atoms with Crippen molar-refractivity contribution in [3.05, 3.63) is 59.7 Å². The van der Waals surface area contributed by atoms with E-state index in [0.29, 0.717) is 17.1 Å². The number of hydrogen-bond donors (Lipinski definition) is 2. The summed E-state index contributed by atoms with van der Waals surface area (Å²) in [4.78, 5) is 9.61. The third kappa shape index (κ3) is 4.54. The Morgan fingerprint density at radius 2 is 1.59 bits per heavy atom. The number of fused-ring (bicyclic) bond motifs is 1. The molecule has 166 valence electrons. The third-order valence-corrected chi connectivity index (χ3v) is 5.98. The topological polar surface area (TPSA) is 83.6 Å². The molecular formula is C26H28N2O4. The van der Waals surface area contributed by atoms with E-state index < -0.39 is 0 Å². The molecule has 0 bridgehead atoms. The number of phenolic OH excluding ortho intramolecular Hbond substituents is 2. The monoisotopic (exact) mass is 432 g/mol. The average Bonchev–Trinajstić information content (AvgIpc) is 2.83. The molecule has 0 aromatic heterocycles. The van der Waals surface area contributed by atoms with E-state index in [2.05, 4.69) is 0 Å². The zero-order chi connectivity index (χ0) is 22.5. The molecule has 4 rings (SSSR count). The number of nitrogens with zero attached hydrogens (tertiary/aromatic N) is 2. The van der Waals surface area contributed by atoms with Crippen molar-refractivity contribution in [2.24, 2.45) is 9.98 Å². The third-order valence-electron chi connectivity index (χ3n) is 5.98. The fraction of sp³-hybridized carbons (Fsp3) is 0.308. The Hall–Kier alpha value is -3.54. The number of aliphatic imine (C=N–C) groups is 2. The van der Waals surface area contributed by atoms with Crippen LogP contribution in [0.3, 0.4) is 0 Å². The molecule has 0 amide bonds. The summed E-state index contributed by atoms with van der Waals surface area (Å²) in [6, 6.07) is 14.9. The molecular weight excluding hydrogens is 404 g/mol. The largest absolute Gasteiger partial charge is 0.507 e. The second-order valence-electron chi connectivity index (χ2n) is 7.96. The molecule has 6 heteroatoms. The Bertz CT molecular complexity index is 1160. The number of phenols is 2. The van der Waals surface area contributed by atoms with Crippen LogP contribution in [-0.2, 0) is 0 Å². The summed E-state index contributed by atoms with van der Waals surface area (Å²) in [5.41, 5.74) is 1.27. The number of benzene rings is 3. The molecule has 0 radical (unpaired) electrons. The van der Waals surface area contributed by atoms with E-state index in [4.69, 9.17) is 19.5 Å². The van der Waals surface area contributed by atoms with Gasteiger partial charge in [0, 0.05) is 29.6 Å². The van der Waals surface area contributed by atoms with E-state index in [1.54, 1.807) is 37.7 Å². The van der Waals surface area contributed by atoms with Crippen molar-refractivity contribution in [2.75, 3.05) is 14.2 Å². The number of ether oxygens (including phenoxy) is 2. The summed E-state index contributed by atoms with van der Waals surface area (Å²) in [5, 5.41) is 22.9. The fourth-order valence-electron chi connectivity index (χ4n) is 4.18. The molecule has 0 heterocycles. The van der Waals surface area contributed by atoms with Gasteiger partial charge in [-0.05, 0) is 35.7 Å². The number of rotatable bonds is 6. The summed E-state index contributed by atoms with van der Waals surface area (Å²) >= 11 is 0. The zero-order valence-corrected chi connectivity index (χ0v) is 18.4. The van der Waals surface area contributed by atoms with E-state index in [9.17, 15) is 10.2 Å². The maximum atomic E-state index is 10.5. The minimum Gasteiger partial charge on any atom is -0.507 e. The molecule has 6 nitrogen and oxygen atoms in total. The molecule has 3 aromatic carbocycles. The molecule has 0 unspecified atom stereocenters. The second-order valence-corrected chi connectivity index (χ2v) is 7.96. The summed E-state index contributed by atoms with van der Waals surface area (Å²) < 4.78 is 10.5. The van der Waals surface area contributed by atoms with Gasteiger partial charge in [-0.25, -0.2) is 0 Å². The maximum absolute atomic E-state index is 10.5.